The number of rotatable bonds is 5. The Bertz CT molecular complexity index is 311. The summed E-state index contributed by atoms with van der Waals surface area (Å²) < 4.78 is 15.1. The Morgan fingerprint density at radius 2 is 1.89 bits per heavy atom. The zero-order valence-corrected chi connectivity index (χ0v) is 11.6. The van der Waals surface area contributed by atoms with Crippen LogP contribution in [0.3, 0.4) is 0 Å². The second kappa shape index (κ2) is 5.59. The minimum Gasteiger partial charge on any atom is -0.464 e. The summed E-state index contributed by atoms with van der Waals surface area (Å²) in [6.07, 6.45) is 0.788. The van der Waals surface area contributed by atoms with Gasteiger partial charge in [0, 0.05) is 0 Å². The van der Waals surface area contributed by atoms with E-state index in [1.165, 1.54) is 0 Å². The van der Waals surface area contributed by atoms with Gasteiger partial charge < -0.3 is 14.2 Å². The van der Waals surface area contributed by atoms with Gasteiger partial charge in [0.15, 0.2) is 0 Å². The molecule has 1 fully saturated rings. The molecular weight excluding hydrogens is 236 g/mol. The predicted octanol–water partition coefficient (Wildman–Crippen LogP) is 2.53. The van der Waals surface area contributed by atoms with Crippen LogP contribution in [0.4, 0.5) is 4.79 Å². The fraction of sp³-hybridized carbons (Fsp3) is 0.846. The number of ether oxygens (including phenoxy) is 3. The summed E-state index contributed by atoms with van der Waals surface area (Å²) in [6, 6.07) is 0. The van der Waals surface area contributed by atoms with Crippen molar-refractivity contribution in [1.82, 2.24) is 0 Å². The van der Waals surface area contributed by atoms with Crippen LogP contribution in [-0.2, 0) is 19.0 Å². The third-order valence-corrected chi connectivity index (χ3v) is 3.69. The molecule has 0 atom stereocenters. The molecule has 1 aliphatic rings. The lowest BCUT2D eigenvalue weighted by molar-refractivity contribution is -0.163. The lowest BCUT2D eigenvalue weighted by Gasteiger charge is -2.35. The van der Waals surface area contributed by atoms with Gasteiger partial charge in [0.1, 0.15) is 19.8 Å². The molecule has 0 N–H and O–H groups in total. The molecule has 0 unspecified atom stereocenters. The Morgan fingerprint density at radius 1 is 1.33 bits per heavy atom. The Hall–Kier alpha value is -1.26. The van der Waals surface area contributed by atoms with Gasteiger partial charge in [0.2, 0.25) is 0 Å². The molecular formula is C13H22O5. The van der Waals surface area contributed by atoms with Crippen molar-refractivity contribution in [3.63, 3.8) is 0 Å². The second-order valence-electron chi connectivity index (χ2n) is 5.49. The van der Waals surface area contributed by atoms with E-state index in [0.29, 0.717) is 0 Å². The molecule has 0 amide bonds. The fourth-order valence-electron chi connectivity index (χ4n) is 1.46. The maximum Gasteiger partial charge on any atom is 0.508 e. The summed E-state index contributed by atoms with van der Waals surface area (Å²) in [5, 5.41) is 0. The van der Waals surface area contributed by atoms with Crippen molar-refractivity contribution in [2.24, 2.45) is 10.8 Å². The molecule has 18 heavy (non-hydrogen) atoms. The van der Waals surface area contributed by atoms with E-state index in [4.69, 9.17) is 14.2 Å². The third kappa shape index (κ3) is 3.37. The molecule has 1 rings (SSSR count). The monoisotopic (exact) mass is 258 g/mol. The van der Waals surface area contributed by atoms with E-state index in [-0.39, 0.29) is 25.8 Å². The number of esters is 1. The standard InChI is InChI=1S/C13H22O5/c1-5-12(3,4)10(14)16-7-13(6-2)8-17-11(15)18-9-13/h5-9H2,1-4H3. The Balaban J connectivity index is 2.55. The maximum atomic E-state index is 11.9. The molecule has 0 bridgehead atoms. The van der Waals surface area contributed by atoms with E-state index >= 15 is 0 Å². The first-order valence-electron chi connectivity index (χ1n) is 6.32. The van der Waals surface area contributed by atoms with Gasteiger partial charge >= 0.3 is 12.1 Å². The van der Waals surface area contributed by atoms with Gasteiger partial charge in [-0.1, -0.05) is 13.8 Å². The van der Waals surface area contributed by atoms with Crippen molar-refractivity contribution in [2.45, 2.75) is 40.5 Å². The fourth-order valence-corrected chi connectivity index (χ4v) is 1.46. The molecule has 0 saturated carbocycles. The first-order valence-corrected chi connectivity index (χ1v) is 6.32. The lowest BCUT2D eigenvalue weighted by atomic mass is 9.87. The minimum atomic E-state index is -0.653. The normalized spacial score (nSPS) is 18.8. The summed E-state index contributed by atoms with van der Waals surface area (Å²) >= 11 is 0. The molecule has 104 valence electrons. The highest BCUT2D eigenvalue weighted by molar-refractivity contribution is 5.75. The molecule has 0 aliphatic carbocycles. The van der Waals surface area contributed by atoms with E-state index in [9.17, 15) is 9.59 Å². The predicted molar refractivity (Wildman–Crippen MR) is 65.1 cm³/mol. The van der Waals surface area contributed by atoms with Crippen LogP contribution in [0.1, 0.15) is 40.5 Å². The van der Waals surface area contributed by atoms with Crippen LogP contribution in [0, 0.1) is 10.8 Å². The van der Waals surface area contributed by atoms with Crippen LogP contribution in [0.2, 0.25) is 0 Å². The number of hydrogen-bond acceptors (Lipinski definition) is 5. The first kappa shape index (κ1) is 14.8. The van der Waals surface area contributed by atoms with Crippen LogP contribution >= 0.6 is 0 Å². The summed E-state index contributed by atoms with van der Waals surface area (Å²) in [5.74, 6) is -0.227. The van der Waals surface area contributed by atoms with Crippen molar-refractivity contribution in [1.29, 1.82) is 0 Å². The largest absolute Gasteiger partial charge is 0.508 e. The maximum absolute atomic E-state index is 11.9. The van der Waals surface area contributed by atoms with Crippen molar-refractivity contribution >= 4 is 12.1 Å². The molecule has 1 saturated heterocycles. The summed E-state index contributed by atoms with van der Waals surface area (Å²) in [6.45, 7) is 8.31. The third-order valence-electron chi connectivity index (χ3n) is 3.69. The molecule has 0 aromatic carbocycles. The van der Waals surface area contributed by atoms with E-state index in [2.05, 4.69) is 0 Å². The van der Waals surface area contributed by atoms with E-state index < -0.39 is 17.0 Å². The van der Waals surface area contributed by atoms with Gasteiger partial charge in [-0.25, -0.2) is 4.79 Å². The topological polar surface area (TPSA) is 61.8 Å². The average molecular weight is 258 g/mol. The molecule has 0 radical (unpaired) electrons. The van der Waals surface area contributed by atoms with Gasteiger partial charge in [0.05, 0.1) is 10.8 Å². The second-order valence-corrected chi connectivity index (χ2v) is 5.49. The van der Waals surface area contributed by atoms with Crippen molar-refractivity contribution in [3.05, 3.63) is 0 Å². The molecule has 5 heteroatoms. The van der Waals surface area contributed by atoms with E-state index in [1.807, 2.05) is 27.7 Å². The lowest BCUT2D eigenvalue weighted by Crippen LogP contribution is -2.43. The van der Waals surface area contributed by atoms with Gasteiger partial charge in [0.25, 0.3) is 0 Å². The summed E-state index contributed by atoms with van der Waals surface area (Å²) in [7, 11) is 0. The van der Waals surface area contributed by atoms with Crippen LogP contribution in [0.5, 0.6) is 0 Å². The SMILES string of the molecule is CCC1(COC(=O)C(C)(C)CC)COC(=O)OC1. The van der Waals surface area contributed by atoms with Crippen LogP contribution in [0.15, 0.2) is 0 Å². The number of hydrogen-bond donors (Lipinski definition) is 0. The Labute approximate surface area is 108 Å². The number of carbonyl (C=O) groups is 2. The number of carbonyl (C=O) groups excluding carboxylic acids is 2. The smallest absolute Gasteiger partial charge is 0.464 e. The van der Waals surface area contributed by atoms with Gasteiger partial charge in [-0.05, 0) is 26.7 Å². The van der Waals surface area contributed by atoms with Crippen LogP contribution in [0.25, 0.3) is 0 Å². The first-order chi connectivity index (χ1) is 8.35. The van der Waals surface area contributed by atoms with Crippen LogP contribution < -0.4 is 0 Å². The zero-order valence-electron chi connectivity index (χ0n) is 11.6. The molecule has 0 aromatic rings. The van der Waals surface area contributed by atoms with E-state index in [1.54, 1.807) is 0 Å². The van der Waals surface area contributed by atoms with Crippen molar-refractivity contribution in [2.75, 3.05) is 19.8 Å². The molecule has 5 nitrogen and oxygen atoms in total. The Kier molecular flexibility index (Phi) is 4.59. The number of cyclic esters (lactones) is 2. The van der Waals surface area contributed by atoms with E-state index in [0.717, 1.165) is 12.8 Å². The molecule has 0 spiro atoms. The van der Waals surface area contributed by atoms with Gasteiger partial charge in [-0.15, -0.1) is 0 Å². The van der Waals surface area contributed by atoms with Gasteiger partial charge in [-0.2, -0.15) is 0 Å². The quantitative estimate of drug-likeness (QED) is 0.709. The minimum absolute atomic E-state index is 0.221. The molecule has 1 aliphatic heterocycles. The summed E-state index contributed by atoms with van der Waals surface area (Å²) in [4.78, 5) is 22.7. The highest BCUT2D eigenvalue weighted by atomic mass is 16.7. The van der Waals surface area contributed by atoms with Crippen LogP contribution in [-0.4, -0.2) is 31.9 Å². The zero-order chi connectivity index (χ0) is 13.8. The Morgan fingerprint density at radius 3 is 2.33 bits per heavy atom. The summed E-state index contributed by atoms with van der Waals surface area (Å²) in [5.41, 5.74) is -0.894. The van der Waals surface area contributed by atoms with Gasteiger partial charge in [-0.3, -0.25) is 4.79 Å². The molecule has 1 heterocycles. The average Bonchev–Trinajstić information content (AvgIpc) is 2.38. The van der Waals surface area contributed by atoms with Crippen molar-refractivity contribution < 1.29 is 23.8 Å². The van der Waals surface area contributed by atoms with Crippen molar-refractivity contribution in [3.8, 4) is 0 Å². The highest BCUT2D eigenvalue weighted by Crippen LogP contribution is 2.29. The highest BCUT2D eigenvalue weighted by Gasteiger charge is 2.39. The molecule has 0 aromatic heterocycles.